The Morgan fingerprint density at radius 3 is 2.31 bits per heavy atom. The number of benzene rings is 2. The number of hydrogen-bond donors (Lipinski definition) is 1. The van der Waals surface area contributed by atoms with Crippen LogP contribution in [0, 0.1) is 11.7 Å². The van der Waals surface area contributed by atoms with Crippen molar-refractivity contribution in [2.24, 2.45) is 5.92 Å². The van der Waals surface area contributed by atoms with Gasteiger partial charge in [0.25, 0.3) is 5.91 Å². The lowest BCUT2D eigenvalue weighted by Gasteiger charge is -2.38. The standard InChI is InChI=1S/C31H38BrFN4O5/c1-31(2,29(39)34-15-17-35(18-16-34)30(40)41)42-26-7-3-6-25(27(26)33)36-14-4-5-22(20-36)28(38)37(24-12-13-24)19-21-8-10-23(32)11-9-21/h3,6-11,22,24H,4-5,12-20H2,1-2H3,(H,40,41). The van der Waals surface area contributed by atoms with Crippen molar-refractivity contribution in [3.63, 3.8) is 0 Å². The Labute approximate surface area is 254 Å². The fourth-order valence-corrected chi connectivity index (χ4v) is 6.08. The molecule has 2 aliphatic heterocycles. The predicted octanol–water partition coefficient (Wildman–Crippen LogP) is 4.98. The largest absolute Gasteiger partial charge is 0.475 e. The fourth-order valence-electron chi connectivity index (χ4n) is 5.81. The average molecular weight is 646 g/mol. The zero-order valence-corrected chi connectivity index (χ0v) is 25.7. The molecule has 2 aromatic rings. The number of rotatable bonds is 8. The van der Waals surface area contributed by atoms with Gasteiger partial charge in [0.1, 0.15) is 0 Å². The zero-order chi connectivity index (χ0) is 30.0. The van der Waals surface area contributed by atoms with Crippen molar-refractivity contribution in [3.05, 3.63) is 58.3 Å². The normalized spacial score (nSPS) is 19.4. The number of piperazine rings is 1. The van der Waals surface area contributed by atoms with Crippen LogP contribution >= 0.6 is 15.9 Å². The van der Waals surface area contributed by atoms with Gasteiger partial charge in [-0.15, -0.1) is 0 Å². The highest BCUT2D eigenvalue weighted by Gasteiger charge is 2.39. The van der Waals surface area contributed by atoms with Gasteiger partial charge >= 0.3 is 6.09 Å². The van der Waals surface area contributed by atoms with Crippen molar-refractivity contribution in [2.45, 2.75) is 57.7 Å². The Bertz CT molecular complexity index is 1310. The molecular weight excluding hydrogens is 607 g/mol. The topological polar surface area (TPSA) is 93.6 Å². The molecular formula is C31H38BrFN4O5. The van der Waals surface area contributed by atoms with Crippen molar-refractivity contribution in [1.29, 1.82) is 0 Å². The molecule has 0 bridgehead atoms. The number of anilines is 1. The van der Waals surface area contributed by atoms with Crippen LogP contribution in [0.25, 0.3) is 0 Å². The lowest BCUT2D eigenvalue weighted by molar-refractivity contribution is -0.147. The Morgan fingerprint density at radius 1 is 1.00 bits per heavy atom. The molecule has 2 saturated heterocycles. The Kier molecular flexibility index (Phi) is 8.96. The summed E-state index contributed by atoms with van der Waals surface area (Å²) in [7, 11) is 0. The van der Waals surface area contributed by atoms with E-state index >= 15 is 4.39 Å². The van der Waals surface area contributed by atoms with Gasteiger partial charge in [-0.05, 0) is 69.4 Å². The zero-order valence-electron chi connectivity index (χ0n) is 24.1. The second kappa shape index (κ2) is 12.5. The summed E-state index contributed by atoms with van der Waals surface area (Å²) in [6, 6.07) is 13.2. The molecule has 3 aliphatic rings. The Hall–Kier alpha value is -3.34. The molecule has 2 aromatic carbocycles. The monoisotopic (exact) mass is 644 g/mol. The van der Waals surface area contributed by atoms with E-state index in [9.17, 15) is 19.5 Å². The van der Waals surface area contributed by atoms with Gasteiger partial charge in [0.05, 0.1) is 11.6 Å². The van der Waals surface area contributed by atoms with Crippen LogP contribution in [0.3, 0.4) is 0 Å². The summed E-state index contributed by atoms with van der Waals surface area (Å²) in [6.07, 6.45) is 2.53. The van der Waals surface area contributed by atoms with E-state index in [2.05, 4.69) is 15.9 Å². The van der Waals surface area contributed by atoms with Crippen molar-refractivity contribution < 1.29 is 28.6 Å². The summed E-state index contributed by atoms with van der Waals surface area (Å²) in [6.45, 7) is 5.74. The molecule has 0 aromatic heterocycles. The molecule has 2 heterocycles. The second-order valence-corrected chi connectivity index (χ2v) is 12.8. The van der Waals surface area contributed by atoms with E-state index in [4.69, 9.17) is 4.74 Å². The van der Waals surface area contributed by atoms with Gasteiger partial charge < -0.3 is 29.4 Å². The van der Waals surface area contributed by atoms with Crippen molar-refractivity contribution in [3.8, 4) is 5.75 Å². The van der Waals surface area contributed by atoms with Gasteiger partial charge in [-0.25, -0.2) is 9.18 Å². The minimum Gasteiger partial charge on any atom is -0.475 e. The number of piperidine rings is 1. The fraction of sp³-hybridized carbons (Fsp3) is 0.516. The number of hydrogen-bond acceptors (Lipinski definition) is 5. The number of carbonyl (C=O) groups excluding carboxylic acids is 2. The summed E-state index contributed by atoms with van der Waals surface area (Å²) in [4.78, 5) is 44.9. The molecule has 1 unspecified atom stereocenters. The smallest absolute Gasteiger partial charge is 0.407 e. The third kappa shape index (κ3) is 6.82. The third-order valence-electron chi connectivity index (χ3n) is 8.31. The summed E-state index contributed by atoms with van der Waals surface area (Å²) < 4.78 is 22.9. The third-order valence-corrected chi connectivity index (χ3v) is 8.84. The molecule has 3 amide bonds. The van der Waals surface area contributed by atoms with E-state index in [0.717, 1.165) is 35.7 Å². The maximum atomic E-state index is 15.9. The number of amides is 3. The Morgan fingerprint density at radius 2 is 1.67 bits per heavy atom. The highest BCUT2D eigenvalue weighted by molar-refractivity contribution is 9.10. The van der Waals surface area contributed by atoms with Gasteiger partial charge in [-0.2, -0.15) is 0 Å². The first-order chi connectivity index (χ1) is 20.0. The lowest BCUT2D eigenvalue weighted by atomic mass is 9.95. The summed E-state index contributed by atoms with van der Waals surface area (Å²) in [5, 5.41) is 9.18. The van der Waals surface area contributed by atoms with Crippen LogP contribution in [0.15, 0.2) is 46.9 Å². The molecule has 5 rings (SSSR count). The van der Waals surface area contributed by atoms with Crippen LogP contribution in [0.5, 0.6) is 5.75 Å². The SMILES string of the molecule is CC(C)(Oc1cccc(N2CCCC(C(=O)N(Cc3ccc(Br)cc3)C3CC3)C2)c1F)C(=O)N1CCN(C(=O)O)CC1. The molecule has 1 aliphatic carbocycles. The van der Waals surface area contributed by atoms with Gasteiger partial charge in [-0.1, -0.05) is 34.1 Å². The first-order valence-corrected chi connectivity index (χ1v) is 15.4. The van der Waals surface area contributed by atoms with Crippen LogP contribution in [0.2, 0.25) is 0 Å². The lowest BCUT2D eigenvalue weighted by Crippen LogP contribution is -2.56. The highest BCUT2D eigenvalue weighted by Crippen LogP contribution is 2.35. The molecule has 11 heteroatoms. The molecule has 1 atom stereocenters. The van der Waals surface area contributed by atoms with Crippen LogP contribution < -0.4 is 9.64 Å². The number of ether oxygens (including phenoxy) is 1. The molecule has 0 radical (unpaired) electrons. The molecule has 226 valence electrons. The molecule has 0 spiro atoms. The van der Waals surface area contributed by atoms with Crippen LogP contribution in [-0.2, 0) is 16.1 Å². The van der Waals surface area contributed by atoms with E-state index in [1.165, 1.54) is 11.0 Å². The molecule has 3 fully saturated rings. The maximum Gasteiger partial charge on any atom is 0.407 e. The van der Waals surface area contributed by atoms with Gasteiger partial charge in [0.15, 0.2) is 17.2 Å². The van der Waals surface area contributed by atoms with Crippen molar-refractivity contribution >= 4 is 39.5 Å². The quantitative estimate of drug-likeness (QED) is 0.436. The van der Waals surface area contributed by atoms with Crippen molar-refractivity contribution in [1.82, 2.24) is 14.7 Å². The minimum atomic E-state index is -1.36. The summed E-state index contributed by atoms with van der Waals surface area (Å²) in [5.41, 5.74) is 0.0837. The van der Waals surface area contributed by atoms with E-state index in [1.54, 1.807) is 30.9 Å². The highest BCUT2D eigenvalue weighted by atomic mass is 79.9. The summed E-state index contributed by atoms with van der Waals surface area (Å²) in [5.74, 6) is -1.03. The number of nitrogens with zero attached hydrogens (tertiary/aromatic N) is 4. The second-order valence-electron chi connectivity index (χ2n) is 11.9. The first-order valence-electron chi connectivity index (χ1n) is 14.6. The maximum absolute atomic E-state index is 15.9. The van der Waals surface area contributed by atoms with Gasteiger partial charge in [-0.3, -0.25) is 9.59 Å². The van der Waals surface area contributed by atoms with E-state index in [-0.39, 0.29) is 55.7 Å². The molecule has 1 saturated carbocycles. The summed E-state index contributed by atoms with van der Waals surface area (Å²) >= 11 is 3.47. The van der Waals surface area contributed by atoms with Crippen LogP contribution in [0.1, 0.15) is 45.1 Å². The van der Waals surface area contributed by atoms with E-state index in [1.807, 2.05) is 34.1 Å². The van der Waals surface area contributed by atoms with Gasteiger partial charge in [0, 0.05) is 56.3 Å². The number of halogens is 2. The number of carboxylic acid groups (broad SMARTS) is 1. The molecule has 9 nitrogen and oxygen atoms in total. The van der Waals surface area contributed by atoms with Crippen LogP contribution in [0.4, 0.5) is 14.9 Å². The predicted molar refractivity (Wildman–Crippen MR) is 160 cm³/mol. The van der Waals surface area contributed by atoms with E-state index < -0.39 is 17.5 Å². The van der Waals surface area contributed by atoms with Crippen molar-refractivity contribution in [2.75, 3.05) is 44.2 Å². The molecule has 1 N–H and O–H groups in total. The minimum absolute atomic E-state index is 0.0293. The number of carbonyl (C=O) groups is 3. The van der Waals surface area contributed by atoms with E-state index in [0.29, 0.717) is 25.3 Å². The Balaban J connectivity index is 1.25. The molecule has 42 heavy (non-hydrogen) atoms. The first kappa shape index (κ1) is 30.1. The van der Waals surface area contributed by atoms with Crippen LogP contribution in [-0.4, -0.2) is 88.6 Å². The average Bonchev–Trinajstić information content (AvgIpc) is 3.83. The van der Waals surface area contributed by atoms with Gasteiger partial charge in [0.2, 0.25) is 5.91 Å².